The Morgan fingerprint density at radius 3 is 2.45 bits per heavy atom. The molecule has 1 amide bonds. The molecule has 1 saturated carbocycles. The number of nitrogens with zero attached hydrogens (tertiary/aromatic N) is 1. The molecule has 1 aliphatic carbocycles. The number of ether oxygens (including phenoxy) is 1. The van der Waals surface area contributed by atoms with Gasteiger partial charge in [0.15, 0.2) is 0 Å². The monoisotopic (exact) mass is 275 g/mol. The highest BCUT2D eigenvalue weighted by Crippen LogP contribution is 2.49. The van der Waals surface area contributed by atoms with Gasteiger partial charge in [-0.25, -0.2) is 0 Å². The summed E-state index contributed by atoms with van der Waals surface area (Å²) in [5.74, 6) is 0.747. The van der Waals surface area contributed by atoms with Crippen molar-refractivity contribution in [3.8, 4) is 0 Å². The Labute approximate surface area is 121 Å². The average Bonchev–Trinajstić information content (AvgIpc) is 3.25. The van der Waals surface area contributed by atoms with Gasteiger partial charge in [0, 0.05) is 20.2 Å². The number of amides is 1. The Morgan fingerprint density at radius 1 is 1.30 bits per heavy atom. The minimum absolute atomic E-state index is 0.260. The van der Waals surface area contributed by atoms with E-state index in [2.05, 4.69) is 26.0 Å². The Morgan fingerprint density at radius 2 is 1.95 bits per heavy atom. The van der Waals surface area contributed by atoms with Gasteiger partial charge >= 0.3 is 0 Å². The summed E-state index contributed by atoms with van der Waals surface area (Å²) < 4.78 is 5.15. The van der Waals surface area contributed by atoms with Crippen LogP contribution in [0.25, 0.3) is 0 Å². The molecule has 0 spiro atoms. The van der Waals surface area contributed by atoms with Crippen LogP contribution in [0, 0.1) is 5.92 Å². The topological polar surface area (TPSA) is 29.5 Å². The molecule has 3 nitrogen and oxygen atoms in total. The first kappa shape index (κ1) is 15.0. The maximum Gasteiger partial charge on any atom is 0.233 e. The maximum atomic E-state index is 12.9. The number of methoxy groups -OCH3 is 1. The normalized spacial score (nSPS) is 16.2. The molecule has 3 heteroatoms. The summed E-state index contributed by atoms with van der Waals surface area (Å²) in [6.45, 7) is 6.38. The van der Waals surface area contributed by atoms with Crippen LogP contribution in [0.5, 0.6) is 0 Å². The fourth-order valence-corrected chi connectivity index (χ4v) is 2.73. The van der Waals surface area contributed by atoms with Gasteiger partial charge in [0.05, 0.1) is 12.0 Å². The molecule has 0 heterocycles. The van der Waals surface area contributed by atoms with Crippen molar-refractivity contribution in [3.05, 3.63) is 35.9 Å². The maximum absolute atomic E-state index is 12.9. The second kappa shape index (κ2) is 6.40. The molecule has 0 saturated heterocycles. The van der Waals surface area contributed by atoms with Crippen molar-refractivity contribution in [2.75, 3.05) is 26.8 Å². The molecular formula is C17H25NO2. The van der Waals surface area contributed by atoms with Crippen molar-refractivity contribution < 1.29 is 9.53 Å². The summed E-state index contributed by atoms with van der Waals surface area (Å²) >= 11 is 0. The third-order valence-corrected chi connectivity index (χ3v) is 3.92. The molecule has 110 valence electrons. The van der Waals surface area contributed by atoms with E-state index < -0.39 is 0 Å². The average molecular weight is 275 g/mol. The van der Waals surface area contributed by atoms with Crippen LogP contribution in [0.15, 0.2) is 30.3 Å². The van der Waals surface area contributed by atoms with Crippen LogP contribution in [-0.2, 0) is 14.9 Å². The highest BCUT2D eigenvalue weighted by atomic mass is 16.5. The number of hydrogen-bond donors (Lipinski definition) is 0. The highest BCUT2D eigenvalue weighted by molar-refractivity contribution is 5.91. The van der Waals surface area contributed by atoms with Crippen molar-refractivity contribution in [3.63, 3.8) is 0 Å². The molecule has 0 aliphatic heterocycles. The van der Waals surface area contributed by atoms with E-state index in [0.717, 1.165) is 24.9 Å². The van der Waals surface area contributed by atoms with Gasteiger partial charge in [-0.05, 0) is 24.3 Å². The molecule has 1 aliphatic rings. The van der Waals surface area contributed by atoms with E-state index in [9.17, 15) is 4.79 Å². The van der Waals surface area contributed by atoms with Crippen LogP contribution < -0.4 is 0 Å². The Hall–Kier alpha value is -1.35. The van der Waals surface area contributed by atoms with E-state index >= 15 is 0 Å². The second-order valence-corrected chi connectivity index (χ2v) is 6.09. The summed E-state index contributed by atoms with van der Waals surface area (Å²) in [4.78, 5) is 14.9. The molecule has 0 N–H and O–H groups in total. The van der Waals surface area contributed by atoms with Crippen molar-refractivity contribution in [2.45, 2.75) is 32.1 Å². The first-order valence-electron chi connectivity index (χ1n) is 7.44. The Balaban J connectivity index is 2.14. The molecule has 0 atom stereocenters. The summed E-state index contributed by atoms with van der Waals surface area (Å²) in [6, 6.07) is 10.2. The first-order valence-corrected chi connectivity index (χ1v) is 7.44. The van der Waals surface area contributed by atoms with Crippen LogP contribution in [0.3, 0.4) is 0 Å². The zero-order valence-corrected chi connectivity index (χ0v) is 12.8. The molecule has 1 fully saturated rings. The summed E-state index contributed by atoms with van der Waals surface area (Å²) in [6.07, 6.45) is 1.94. The molecule has 0 aromatic heterocycles. The van der Waals surface area contributed by atoms with Crippen LogP contribution in [-0.4, -0.2) is 37.6 Å². The highest BCUT2D eigenvalue weighted by Gasteiger charge is 2.52. The van der Waals surface area contributed by atoms with Crippen molar-refractivity contribution in [1.29, 1.82) is 0 Å². The van der Waals surface area contributed by atoms with Crippen molar-refractivity contribution in [2.24, 2.45) is 5.92 Å². The first-order chi connectivity index (χ1) is 9.60. The lowest BCUT2D eigenvalue weighted by atomic mass is 9.94. The molecule has 0 unspecified atom stereocenters. The van der Waals surface area contributed by atoms with Crippen molar-refractivity contribution >= 4 is 5.91 Å². The van der Waals surface area contributed by atoms with Gasteiger partial charge in [-0.3, -0.25) is 4.79 Å². The second-order valence-electron chi connectivity index (χ2n) is 6.09. The van der Waals surface area contributed by atoms with Gasteiger partial charge in [0.2, 0.25) is 5.91 Å². The number of rotatable bonds is 7. The third-order valence-electron chi connectivity index (χ3n) is 3.92. The smallest absolute Gasteiger partial charge is 0.233 e. The fraction of sp³-hybridized carbons (Fsp3) is 0.588. The van der Waals surface area contributed by atoms with E-state index in [-0.39, 0.29) is 11.3 Å². The molecule has 2 rings (SSSR count). The SMILES string of the molecule is COCCN(CC(C)C)C(=O)C1(c2ccccc2)CC1. The van der Waals surface area contributed by atoms with E-state index in [1.165, 1.54) is 0 Å². The molecule has 20 heavy (non-hydrogen) atoms. The lowest BCUT2D eigenvalue weighted by molar-refractivity contribution is -0.135. The zero-order valence-electron chi connectivity index (χ0n) is 12.8. The molecular weight excluding hydrogens is 250 g/mol. The van der Waals surface area contributed by atoms with Crippen LogP contribution in [0.2, 0.25) is 0 Å². The largest absolute Gasteiger partial charge is 0.383 e. The van der Waals surface area contributed by atoms with Gasteiger partial charge in [-0.2, -0.15) is 0 Å². The molecule has 0 bridgehead atoms. The van der Waals surface area contributed by atoms with Gasteiger partial charge < -0.3 is 9.64 Å². The van der Waals surface area contributed by atoms with E-state index in [1.807, 2.05) is 23.1 Å². The number of carbonyl (C=O) groups excluding carboxylic acids is 1. The summed E-state index contributed by atoms with van der Waals surface area (Å²) in [5, 5.41) is 0. The van der Waals surface area contributed by atoms with E-state index in [0.29, 0.717) is 19.1 Å². The Bertz CT molecular complexity index is 438. The summed E-state index contributed by atoms with van der Waals surface area (Å²) in [5.41, 5.74) is 0.903. The minimum Gasteiger partial charge on any atom is -0.383 e. The van der Waals surface area contributed by atoms with Gasteiger partial charge in [-0.15, -0.1) is 0 Å². The number of hydrogen-bond acceptors (Lipinski definition) is 2. The van der Waals surface area contributed by atoms with Gasteiger partial charge in [-0.1, -0.05) is 44.2 Å². The summed E-state index contributed by atoms with van der Waals surface area (Å²) in [7, 11) is 1.68. The van der Waals surface area contributed by atoms with Gasteiger partial charge in [0.25, 0.3) is 0 Å². The minimum atomic E-state index is -0.260. The zero-order chi connectivity index (χ0) is 14.6. The van der Waals surface area contributed by atoms with E-state index in [4.69, 9.17) is 4.74 Å². The molecule has 1 aromatic rings. The van der Waals surface area contributed by atoms with E-state index in [1.54, 1.807) is 7.11 Å². The third kappa shape index (κ3) is 3.21. The van der Waals surface area contributed by atoms with Gasteiger partial charge in [0.1, 0.15) is 0 Å². The molecule has 0 radical (unpaired) electrons. The van der Waals surface area contributed by atoms with Crippen LogP contribution in [0.4, 0.5) is 0 Å². The lowest BCUT2D eigenvalue weighted by Gasteiger charge is -2.29. The lowest BCUT2D eigenvalue weighted by Crippen LogP contribution is -2.43. The van der Waals surface area contributed by atoms with Crippen LogP contribution in [0.1, 0.15) is 32.3 Å². The number of benzene rings is 1. The van der Waals surface area contributed by atoms with Crippen LogP contribution >= 0.6 is 0 Å². The van der Waals surface area contributed by atoms with Crippen molar-refractivity contribution in [1.82, 2.24) is 4.90 Å². The Kier molecular flexibility index (Phi) is 4.81. The predicted octanol–water partition coefficient (Wildman–Crippen LogP) is 2.85. The standard InChI is InChI=1S/C17H25NO2/c1-14(2)13-18(11-12-20-3)16(19)17(9-10-17)15-7-5-4-6-8-15/h4-8,14H,9-13H2,1-3H3. The fourth-order valence-electron chi connectivity index (χ4n) is 2.73. The quantitative estimate of drug-likeness (QED) is 0.766. The number of carbonyl (C=O) groups is 1. The predicted molar refractivity (Wildman–Crippen MR) is 80.6 cm³/mol. The molecule has 1 aromatic carbocycles.